The van der Waals surface area contributed by atoms with Crippen molar-refractivity contribution in [3.05, 3.63) is 36.1 Å². The lowest BCUT2D eigenvalue weighted by Crippen LogP contribution is -2.42. The lowest BCUT2D eigenvalue weighted by molar-refractivity contribution is -0.181. The number of carbonyl (C=O) groups is 3. The van der Waals surface area contributed by atoms with E-state index in [1.165, 1.54) is 27.0 Å². The number of esters is 3. The van der Waals surface area contributed by atoms with Gasteiger partial charge < -0.3 is 23.7 Å². The molecule has 0 aromatic rings. The topological polar surface area (TPSA) is 101 Å². The first-order chi connectivity index (χ1) is 15.9. The second-order valence-electron chi connectivity index (χ2n) is 9.80. The van der Waals surface area contributed by atoms with Crippen LogP contribution < -0.4 is 0 Å². The Labute approximate surface area is 201 Å². The van der Waals surface area contributed by atoms with Crippen LogP contribution in [0.5, 0.6) is 0 Å². The number of carbonyl (C=O) groups excluding carboxylic acids is 3. The zero-order chi connectivity index (χ0) is 25.2. The molecule has 1 aliphatic carbocycles. The summed E-state index contributed by atoms with van der Waals surface area (Å²) in [6, 6.07) is 0. The fourth-order valence-electron chi connectivity index (χ4n) is 5.11. The monoisotopic (exact) mass is 476 g/mol. The third kappa shape index (κ3) is 6.09. The minimum atomic E-state index is -0.815. The molecule has 1 saturated carbocycles. The van der Waals surface area contributed by atoms with E-state index in [-0.39, 0.29) is 30.0 Å². The van der Waals surface area contributed by atoms with E-state index in [2.05, 4.69) is 20.1 Å². The molecule has 0 spiro atoms. The first-order valence-electron chi connectivity index (χ1n) is 11.8. The number of hydrogen-bond acceptors (Lipinski definition) is 8. The molecule has 8 heteroatoms. The summed E-state index contributed by atoms with van der Waals surface area (Å²) in [5.41, 5.74) is 2.08. The molecule has 2 fully saturated rings. The van der Waals surface area contributed by atoms with Gasteiger partial charge in [-0.05, 0) is 45.1 Å². The quantitative estimate of drug-likeness (QED) is 0.234. The van der Waals surface area contributed by atoms with E-state index in [1.807, 2.05) is 0 Å². The molecule has 2 aliphatic heterocycles. The van der Waals surface area contributed by atoms with E-state index < -0.39 is 36.4 Å². The predicted molar refractivity (Wildman–Crippen MR) is 123 cm³/mol. The van der Waals surface area contributed by atoms with Crippen LogP contribution in [-0.2, 0) is 38.1 Å². The lowest BCUT2D eigenvalue weighted by Gasteiger charge is -2.41. The van der Waals surface area contributed by atoms with Gasteiger partial charge >= 0.3 is 17.9 Å². The highest BCUT2D eigenvalue weighted by Gasteiger charge is 2.54. The van der Waals surface area contributed by atoms with Gasteiger partial charge in [0.25, 0.3) is 0 Å². The molecule has 7 atom stereocenters. The van der Waals surface area contributed by atoms with Crippen LogP contribution in [-0.4, -0.2) is 48.1 Å². The number of fused-ring (bicyclic) bond motifs is 2. The molecule has 188 valence electrons. The third-order valence-electron chi connectivity index (χ3n) is 6.93. The lowest BCUT2D eigenvalue weighted by atomic mass is 9.74. The van der Waals surface area contributed by atoms with Crippen molar-refractivity contribution in [1.82, 2.24) is 0 Å². The highest BCUT2D eigenvalue weighted by molar-refractivity contribution is 5.67. The van der Waals surface area contributed by atoms with Gasteiger partial charge in [0.05, 0.1) is 23.9 Å². The smallest absolute Gasteiger partial charge is 0.305 e. The van der Waals surface area contributed by atoms with Gasteiger partial charge in [-0.1, -0.05) is 18.7 Å². The molecule has 0 bridgehead atoms. The van der Waals surface area contributed by atoms with Crippen molar-refractivity contribution in [2.24, 2.45) is 11.8 Å². The third-order valence-corrected chi connectivity index (χ3v) is 6.93. The Morgan fingerprint density at radius 1 is 1.12 bits per heavy atom. The predicted octanol–water partition coefficient (Wildman–Crippen LogP) is 4.14. The molecule has 0 N–H and O–H groups in total. The van der Waals surface area contributed by atoms with Gasteiger partial charge in [-0.2, -0.15) is 0 Å². The van der Waals surface area contributed by atoms with Crippen molar-refractivity contribution in [2.45, 2.75) is 96.9 Å². The minimum Gasteiger partial charge on any atom is -0.462 e. The van der Waals surface area contributed by atoms with Gasteiger partial charge in [-0.25, -0.2) is 0 Å². The van der Waals surface area contributed by atoms with Gasteiger partial charge in [0.15, 0.2) is 0 Å². The Morgan fingerprint density at radius 3 is 2.38 bits per heavy atom. The summed E-state index contributed by atoms with van der Waals surface area (Å²) >= 11 is 0. The van der Waals surface area contributed by atoms with Crippen LogP contribution in [0.25, 0.3) is 0 Å². The van der Waals surface area contributed by atoms with Gasteiger partial charge in [-0.3, -0.25) is 14.4 Å². The molecule has 0 amide bonds. The zero-order valence-electron chi connectivity index (χ0n) is 20.8. The molecule has 34 heavy (non-hydrogen) atoms. The minimum absolute atomic E-state index is 0.169. The van der Waals surface area contributed by atoms with E-state index in [1.54, 1.807) is 6.92 Å². The Kier molecular flexibility index (Phi) is 7.91. The van der Waals surface area contributed by atoms with Gasteiger partial charge in [0, 0.05) is 38.7 Å². The maximum Gasteiger partial charge on any atom is 0.305 e. The largest absolute Gasteiger partial charge is 0.462 e. The summed E-state index contributed by atoms with van der Waals surface area (Å²) in [5.74, 6) is -1.83. The van der Waals surface area contributed by atoms with E-state index in [9.17, 15) is 14.4 Å². The van der Waals surface area contributed by atoms with Crippen LogP contribution in [0.1, 0.15) is 66.7 Å². The van der Waals surface area contributed by atoms with Crippen LogP contribution in [0, 0.1) is 11.8 Å². The Morgan fingerprint density at radius 2 is 1.79 bits per heavy atom. The average molecular weight is 477 g/mol. The standard InChI is InChI=1S/C26H36O8/c1-14(2)21(31-16(4)27)12-22(32-17(5)28)20-13-30-25(33-18(6)29)24-15(3)8-9-23-26(7,34-23)11-10-19(20)24/h13,19,21-25H,1,3,8-12H2,2,4-7H3/t19-,21?,22?,23-,24?,25-,26+/m1/s1. The van der Waals surface area contributed by atoms with E-state index >= 15 is 0 Å². The van der Waals surface area contributed by atoms with Gasteiger partial charge in [0.2, 0.25) is 6.29 Å². The normalized spacial score (nSPS) is 32.0. The molecule has 1 saturated heterocycles. The SMILES string of the molecule is C=C(C)C(CC(OC(C)=O)C1=CO[C@H](OC(C)=O)C2C(=C)CC[C@H]3O[C@@]3(C)CC[C@H]12)OC(C)=O. The van der Waals surface area contributed by atoms with Gasteiger partial charge in [-0.15, -0.1) is 0 Å². The van der Waals surface area contributed by atoms with Crippen molar-refractivity contribution in [2.75, 3.05) is 0 Å². The fourth-order valence-corrected chi connectivity index (χ4v) is 5.11. The Bertz CT molecular complexity index is 889. The molecule has 0 aromatic carbocycles. The second kappa shape index (κ2) is 10.3. The Hall–Kier alpha value is -2.61. The summed E-state index contributed by atoms with van der Waals surface area (Å²) < 4.78 is 28.6. The van der Waals surface area contributed by atoms with Crippen molar-refractivity contribution in [3.8, 4) is 0 Å². The maximum atomic E-state index is 12.1. The highest BCUT2D eigenvalue weighted by atomic mass is 16.7. The number of hydrogen-bond donors (Lipinski definition) is 0. The van der Waals surface area contributed by atoms with Gasteiger partial charge in [0.1, 0.15) is 12.2 Å². The summed E-state index contributed by atoms with van der Waals surface area (Å²) in [7, 11) is 0. The highest BCUT2D eigenvalue weighted by Crippen LogP contribution is 2.50. The zero-order valence-corrected chi connectivity index (χ0v) is 20.8. The molecule has 3 aliphatic rings. The van der Waals surface area contributed by atoms with E-state index in [0.717, 1.165) is 24.0 Å². The van der Waals surface area contributed by atoms with Crippen LogP contribution in [0.2, 0.25) is 0 Å². The molecular weight excluding hydrogens is 440 g/mol. The Balaban J connectivity index is 1.98. The molecule has 8 nitrogen and oxygen atoms in total. The summed E-state index contributed by atoms with van der Waals surface area (Å²) in [6.45, 7) is 16.1. The van der Waals surface area contributed by atoms with Crippen LogP contribution in [0.3, 0.4) is 0 Å². The number of epoxide rings is 1. The molecular formula is C26H36O8. The number of rotatable bonds is 7. The summed E-state index contributed by atoms with van der Waals surface area (Å²) in [5, 5.41) is 0. The first-order valence-corrected chi connectivity index (χ1v) is 11.8. The van der Waals surface area contributed by atoms with Crippen LogP contribution >= 0.6 is 0 Å². The summed E-state index contributed by atoms with van der Waals surface area (Å²) in [6.07, 6.45) is 2.76. The molecule has 0 aromatic heterocycles. The molecule has 3 rings (SSSR count). The van der Waals surface area contributed by atoms with E-state index in [0.29, 0.717) is 18.4 Å². The maximum absolute atomic E-state index is 12.1. The average Bonchev–Trinajstić information content (AvgIpc) is 3.37. The van der Waals surface area contributed by atoms with Crippen LogP contribution in [0.4, 0.5) is 0 Å². The van der Waals surface area contributed by atoms with Crippen molar-refractivity contribution in [1.29, 1.82) is 0 Å². The fraction of sp³-hybridized carbons (Fsp3) is 0.654. The van der Waals surface area contributed by atoms with E-state index in [4.69, 9.17) is 23.7 Å². The first kappa shape index (κ1) is 26.0. The van der Waals surface area contributed by atoms with Crippen molar-refractivity contribution in [3.63, 3.8) is 0 Å². The van der Waals surface area contributed by atoms with Crippen molar-refractivity contribution >= 4 is 17.9 Å². The van der Waals surface area contributed by atoms with Crippen molar-refractivity contribution < 1.29 is 38.1 Å². The molecule has 2 heterocycles. The summed E-state index contributed by atoms with van der Waals surface area (Å²) in [4.78, 5) is 35.5. The van der Waals surface area contributed by atoms with Crippen LogP contribution in [0.15, 0.2) is 36.1 Å². The number of ether oxygens (including phenoxy) is 5. The second-order valence-corrected chi connectivity index (χ2v) is 9.80. The molecule has 3 unspecified atom stereocenters. The molecule has 0 radical (unpaired) electrons.